The van der Waals surface area contributed by atoms with Gasteiger partial charge in [0.25, 0.3) is 0 Å². The lowest BCUT2D eigenvalue weighted by Gasteiger charge is -2.13. The highest BCUT2D eigenvalue weighted by Gasteiger charge is 2.18. The minimum atomic E-state index is -0.532. The van der Waals surface area contributed by atoms with E-state index in [-0.39, 0.29) is 12.0 Å². The topological polar surface area (TPSA) is 65.7 Å². The summed E-state index contributed by atoms with van der Waals surface area (Å²) in [4.78, 5) is 24.0. The fourth-order valence-electron chi connectivity index (χ4n) is 3.06. The lowest BCUT2D eigenvalue weighted by molar-refractivity contribution is -0.139. The van der Waals surface area contributed by atoms with Gasteiger partial charge in [-0.15, -0.1) is 0 Å². The normalized spacial score (nSPS) is 11.1. The van der Waals surface area contributed by atoms with E-state index < -0.39 is 11.6 Å². The van der Waals surface area contributed by atoms with E-state index in [9.17, 15) is 9.59 Å². The van der Waals surface area contributed by atoms with Crippen LogP contribution < -0.4 is 10.4 Å². The number of rotatable bonds is 6. The SMILES string of the molecule is COC(=O)Cc1c(C)c2c(OC/C=C/c3ccccc3)cc(C)cc2oc1=O. The molecule has 0 N–H and O–H groups in total. The highest BCUT2D eigenvalue weighted by atomic mass is 16.5. The van der Waals surface area contributed by atoms with Crippen molar-refractivity contribution in [2.75, 3.05) is 13.7 Å². The van der Waals surface area contributed by atoms with Gasteiger partial charge in [-0.2, -0.15) is 0 Å². The van der Waals surface area contributed by atoms with Crippen LogP contribution in [0.2, 0.25) is 0 Å². The molecule has 0 aliphatic rings. The minimum absolute atomic E-state index is 0.137. The summed E-state index contributed by atoms with van der Waals surface area (Å²) in [5, 5.41) is 0.692. The van der Waals surface area contributed by atoms with Gasteiger partial charge in [0, 0.05) is 0 Å². The highest BCUT2D eigenvalue weighted by Crippen LogP contribution is 2.31. The second-order valence-corrected chi connectivity index (χ2v) is 6.51. The summed E-state index contributed by atoms with van der Waals surface area (Å²) < 4.78 is 16.1. The summed E-state index contributed by atoms with van der Waals surface area (Å²) in [7, 11) is 1.29. The van der Waals surface area contributed by atoms with E-state index >= 15 is 0 Å². The predicted octanol–water partition coefficient (Wildman–Crippen LogP) is 4.22. The lowest BCUT2D eigenvalue weighted by Crippen LogP contribution is -2.16. The van der Waals surface area contributed by atoms with Crippen molar-refractivity contribution in [2.45, 2.75) is 20.3 Å². The third-order valence-electron chi connectivity index (χ3n) is 4.48. The quantitative estimate of drug-likeness (QED) is 0.475. The molecule has 0 aliphatic heterocycles. The maximum atomic E-state index is 12.3. The van der Waals surface area contributed by atoms with Crippen LogP contribution in [0.5, 0.6) is 5.75 Å². The van der Waals surface area contributed by atoms with Crippen molar-refractivity contribution in [3.05, 3.63) is 81.2 Å². The van der Waals surface area contributed by atoms with E-state index in [4.69, 9.17) is 9.15 Å². The van der Waals surface area contributed by atoms with Gasteiger partial charge in [-0.05, 0) is 48.7 Å². The molecule has 0 radical (unpaired) electrons. The predicted molar refractivity (Wildman–Crippen MR) is 109 cm³/mol. The number of ether oxygens (including phenoxy) is 2. The molecule has 1 aromatic heterocycles. The highest BCUT2D eigenvalue weighted by molar-refractivity contribution is 5.89. The Morgan fingerprint density at radius 1 is 1.14 bits per heavy atom. The molecule has 0 fully saturated rings. The molecule has 0 spiro atoms. The van der Waals surface area contributed by atoms with Gasteiger partial charge in [-0.25, -0.2) is 4.79 Å². The maximum absolute atomic E-state index is 12.3. The number of fused-ring (bicyclic) bond motifs is 1. The third-order valence-corrected chi connectivity index (χ3v) is 4.48. The molecule has 5 heteroatoms. The van der Waals surface area contributed by atoms with Crippen LogP contribution >= 0.6 is 0 Å². The number of hydrogen-bond donors (Lipinski definition) is 0. The number of aryl methyl sites for hydroxylation is 2. The Morgan fingerprint density at radius 3 is 2.61 bits per heavy atom. The largest absolute Gasteiger partial charge is 0.489 e. The molecule has 0 atom stereocenters. The van der Waals surface area contributed by atoms with E-state index in [1.807, 2.05) is 55.5 Å². The average molecular weight is 378 g/mol. The molecule has 0 unspecified atom stereocenters. The van der Waals surface area contributed by atoms with E-state index in [0.717, 1.165) is 11.1 Å². The molecule has 3 aromatic rings. The van der Waals surface area contributed by atoms with Crippen LogP contribution in [0.25, 0.3) is 17.0 Å². The summed E-state index contributed by atoms with van der Waals surface area (Å²) in [6, 6.07) is 13.6. The molecule has 0 saturated carbocycles. The molecule has 0 aliphatic carbocycles. The van der Waals surface area contributed by atoms with Crippen LogP contribution in [0.4, 0.5) is 0 Å². The molecule has 3 rings (SSSR count). The van der Waals surface area contributed by atoms with Gasteiger partial charge >= 0.3 is 11.6 Å². The van der Waals surface area contributed by atoms with Crippen molar-refractivity contribution in [3.8, 4) is 5.75 Å². The Morgan fingerprint density at radius 2 is 1.89 bits per heavy atom. The zero-order chi connectivity index (χ0) is 20.1. The van der Waals surface area contributed by atoms with Gasteiger partial charge in [0.2, 0.25) is 0 Å². The lowest BCUT2D eigenvalue weighted by atomic mass is 10.0. The summed E-state index contributed by atoms with van der Waals surface area (Å²) in [5.41, 5.74) is 2.86. The molecule has 28 heavy (non-hydrogen) atoms. The van der Waals surface area contributed by atoms with Gasteiger partial charge in [0.05, 0.1) is 24.5 Å². The summed E-state index contributed by atoms with van der Waals surface area (Å²) in [5.74, 6) is 0.121. The van der Waals surface area contributed by atoms with Crippen LogP contribution in [0.15, 0.2) is 57.8 Å². The fourth-order valence-corrected chi connectivity index (χ4v) is 3.06. The molecular formula is C23H22O5. The van der Waals surface area contributed by atoms with Crippen LogP contribution in [-0.2, 0) is 16.0 Å². The number of benzene rings is 2. The first-order valence-electron chi connectivity index (χ1n) is 8.97. The molecule has 1 heterocycles. The Labute approximate surface area is 163 Å². The molecular weight excluding hydrogens is 356 g/mol. The monoisotopic (exact) mass is 378 g/mol. The first-order valence-corrected chi connectivity index (χ1v) is 8.97. The minimum Gasteiger partial charge on any atom is -0.489 e. The molecule has 2 aromatic carbocycles. The zero-order valence-corrected chi connectivity index (χ0v) is 16.2. The maximum Gasteiger partial charge on any atom is 0.340 e. The van der Waals surface area contributed by atoms with Crippen LogP contribution in [-0.4, -0.2) is 19.7 Å². The summed E-state index contributed by atoms with van der Waals surface area (Å²) in [6.45, 7) is 4.06. The van der Waals surface area contributed by atoms with E-state index in [2.05, 4.69) is 4.74 Å². The first-order chi connectivity index (χ1) is 13.5. The first kappa shape index (κ1) is 19.4. The van der Waals surface area contributed by atoms with Crippen molar-refractivity contribution in [1.82, 2.24) is 0 Å². The van der Waals surface area contributed by atoms with Gasteiger partial charge < -0.3 is 13.9 Å². The van der Waals surface area contributed by atoms with Crippen LogP contribution in [0, 0.1) is 13.8 Å². The smallest absolute Gasteiger partial charge is 0.340 e. The number of hydrogen-bond acceptors (Lipinski definition) is 5. The van der Waals surface area contributed by atoms with Gasteiger partial charge in [-0.1, -0.05) is 36.4 Å². The summed E-state index contributed by atoms with van der Waals surface area (Å²) in [6.07, 6.45) is 3.77. The molecule has 5 nitrogen and oxygen atoms in total. The van der Waals surface area contributed by atoms with Crippen LogP contribution in [0.1, 0.15) is 22.3 Å². The second-order valence-electron chi connectivity index (χ2n) is 6.51. The fraction of sp³-hybridized carbons (Fsp3) is 0.217. The standard InChI is InChI=1S/C23H22O5/c1-15-12-19(27-11-7-10-17-8-5-4-6-9-17)22-16(2)18(14-21(24)26-3)23(25)28-20(22)13-15/h4-10,12-13H,11,14H2,1-3H3/b10-7+. The van der Waals surface area contributed by atoms with Crippen molar-refractivity contribution in [2.24, 2.45) is 0 Å². The number of esters is 1. The number of methoxy groups -OCH3 is 1. The summed E-state index contributed by atoms with van der Waals surface area (Å²) >= 11 is 0. The van der Waals surface area contributed by atoms with Crippen LogP contribution in [0.3, 0.4) is 0 Å². The Balaban J connectivity index is 1.94. The second kappa shape index (κ2) is 8.57. The number of carbonyl (C=O) groups is 1. The number of carbonyl (C=O) groups excluding carboxylic acids is 1. The molecule has 144 valence electrons. The molecule has 0 saturated heterocycles. The Hall–Kier alpha value is -3.34. The average Bonchev–Trinajstić information content (AvgIpc) is 2.68. The molecule has 0 amide bonds. The van der Waals surface area contributed by atoms with Crippen molar-refractivity contribution in [1.29, 1.82) is 0 Å². The van der Waals surface area contributed by atoms with Gasteiger partial charge in [0.15, 0.2) is 0 Å². The van der Waals surface area contributed by atoms with E-state index in [0.29, 0.717) is 28.9 Å². The Kier molecular flexibility index (Phi) is 5.94. The van der Waals surface area contributed by atoms with Gasteiger partial charge in [0.1, 0.15) is 17.9 Å². The van der Waals surface area contributed by atoms with Crippen molar-refractivity contribution >= 4 is 23.0 Å². The van der Waals surface area contributed by atoms with Crippen molar-refractivity contribution in [3.63, 3.8) is 0 Å². The zero-order valence-electron chi connectivity index (χ0n) is 16.2. The van der Waals surface area contributed by atoms with Gasteiger partial charge in [-0.3, -0.25) is 4.79 Å². The molecule has 0 bridgehead atoms. The van der Waals surface area contributed by atoms with E-state index in [1.165, 1.54) is 7.11 Å². The van der Waals surface area contributed by atoms with E-state index in [1.54, 1.807) is 13.0 Å². The van der Waals surface area contributed by atoms with Crippen molar-refractivity contribution < 1.29 is 18.7 Å². The Bertz CT molecular complexity index is 1080. The third kappa shape index (κ3) is 4.31.